The van der Waals surface area contributed by atoms with Gasteiger partial charge in [0.1, 0.15) is 5.69 Å². The van der Waals surface area contributed by atoms with Crippen molar-refractivity contribution < 1.29 is 9.53 Å². The monoisotopic (exact) mass is 245 g/mol. The Kier molecular flexibility index (Phi) is 3.41. The number of hydrogen-bond donors (Lipinski definition) is 1. The van der Waals surface area contributed by atoms with Crippen LogP contribution in [0.3, 0.4) is 0 Å². The van der Waals surface area contributed by atoms with E-state index in [1.807, 2.05) is 19.1 Å². The van der Waals surface area contributed by atoms with Crippen molar-refractivity contribution in [1.29, 1.82) is 0 Å². The Hall–Kier alpha value is -2.17. The molecule has 18 heavy (non-hydrogen) atoms. The summed E-state index contributed by atoms with van der Waals surface area (Å²) in [5.74, 6) is 0.167. The van der Waals surface area contributed by atoms with E-state index in [0.717, 1.165) is 5.56 Å². The first kappa shape index (κ1) is 12.3. The number of esters is 1. The summed E-state index contributed by atoms with van der Waals surface area (Å²) >= 11 is 0. The molecule has 0 radical (unpaired) electrons. The zero-order chi connectivity index (χ0) is 13.1. The fourth-order valence-corrected chi connectivity index (χ4v) is 1.59. The van der Waals surface area contributed by atoms with E-state index in [1.54, 1.807) is 20.0 Å². The lowest BCUT2D eigenvalue weighted by atomic mass is 10.3. The van der Waals surface area contributed by atoms with E-state index in [-0.39, 0.29) is 0 Å². The maximum atomic E-state index is 11.6. The van der Waals surface area contributed by atoms with Crippen molar-refractivity contribution in [3.05, 3.63) is 35.3 Å². The standard InChI is InChI=1S/C13H15N3O2/c1-4-18-13(17)11-9(3)15-12(16-11)10-6-5-8(2)7-14-10/h5-7H,4H2,1-3H3,(H,15,16). The average Bonchev–Trinajstić information content (AvgIpc) is 2.72. The number of aryl methyl sites for hydroxylation is 2. The lowest BCUT2D eigenvalue weighted by Crippen LogP contribution is -2.06. The van der Waals surface area contributed by atoms with Gasteiger partial charge in [-0.15, -0.1) is 0 Å². The van der Waals surface area contributed by atoms with Crippen LogP contribution in [-0.2, 0) is 4.74 Å². The molecule has 0 aliphatic heterocycles. The topological polar surface area (TPSA) is 67.9 Å². The number of aromatic nitrogens is 3. The van der Waals surface area contributed by atoms with E-state index in [0.29, 0.717) is 29.5 Å². The molecule has 0 bridgehead atoms. The first-order valence-corrected chi connectivity index (χ1v) is 5.78. The first-order chi connectivity index (χ1) is 8.61. The summed E-state index contributed by atoms with van der Waals surface area (Å²) < 4.78 is 4.94. The largest absolute Gasteiger partial charge is 0.461 e. The molecule has 2 heterocycles. The van der Waals surface area contributed by atoms with Gasteiger partial charge < -0.3 is 9.72 Å². The van der Waals surface area contributed by atoms with E-state index in [9.17, 15) is 4.79 Å². The van der Waals surface area contributed by atoms with Gasteiger partial charge in [0.2, 0.25) is 0 Å². The summed E-state index contributed by atoms with van der Waals surface area (Å²) in [6.07, 6.45) is 1.76. The second kappa shape index (κ2) is 5.00. The Morgan fingerprint density at radius 3 is 2.78 bits per heavy atom. The second-order valence-corrected chi connectivity index (χ2v) is 4.00. The maximum absolute atomic E-state index is 11.6. The van der Waals surface area contributed by atoms with Gasteiger partial charge in [-0.1, -0.05) is 6.07 Å². The van der Waals surface area contributed by atoms with Crippen molar-refractivity contribution >= 4 is 5.97 Å². The Morgan fingerprint density at radius 1 is 1.39 bits per heavy atom. The second-order valence-electron chi connectivity index (χ2n) is 4.00. The highest BCUT2D eigenvalue weighted by Crippen LogP contribution is 2.16. The number of ether oxygens (including phenoxy) is 1. The minimum absolute atomic E-state index is 0.314. The molecule has 2 aromatic rings. The van der Waals surface area contributed by atoms with Crippen molar-refractivity contribution in [3.8, 4) is 11.5 Å². The first-order valence-electron chi connectivity index (χ1n) is 5.78. The molecule has 0 atom stereocenters. The fraction of sp³-hybridized carbons (Fsp3) is 0.308. The van der Waals surface area contributed by atoms with Gasteiger partial charge in [0, 0.05) is 11.9 Å². The third kappa shape index (κ3) is 2.40. The van der Waals surface area contributed by atoms with E-state index >= 15 is 0 Å². The van der Waals surface area contributed by atoms with Crippen LogP contribution in [0, 0.1) is 13.8 Å². The molecule has 94 valence electrons. The zero-order valence-electron chi connectivity index (χ0n) is 10.7. The summed E-state index contributed by atoms with van der Waals surface area (Å²) in [6, 6.07) is 3.81. The lowest BCUT2D eigenvalue weighted by Gasteiger charge is -1.97. The number of H-pyrrole nitrogens is 1. The third-order valence-electron chi connectivity index (χ3n) is 2.51. The number of nitrogens with one attached hydrogen (secondary N) is 1. The Bertz CT molecular complexity index is 558. The quantitative estimate of drug-likeness (QED) is 0.842. The molecular formula is C13H15N3O2. The van der Waals surface area contributed by atoms with Crippen molar-refractivity contribution in [2.24, 2.45) is 0 Å². The SMILES string of the molecule is CCOC(=O)c1nc(-c2ccc(C)cn2)[nH]c1C. The summed E-state index contributed by atoms with van der Waals surface area (Å²) in [7, 11) is 0. The molecule has 0 fully saturated rings. The predicted molar refractivity (Wildman–Crippen MR) is 67.2 cm³/mol. The molecule has 0 aliphatic rings. The van der Waals surface area contributed by atoms with Crippen molar-refractivity contribution in [2.45, 2.75) is 20.8 Å². The van der Waals surface area contributed by atoms with Gasteiger partial charge in [-0.2, -0.15) is 0 Å². The summed E-state index contributed by atoms with van der Waals surface area (Å²) in [5, 5.41) is 0. The third-order valence-corrected chi connectivity index (χ3v) is 2.51. The molecule has 2 rings (SSSR count). The van der Waals surface area contributed by atoms with Gasteiger partial charge in [-0.3, -0.25) is 4.98 Å². The molecule has 0 unspecified atom stereocenters. The van der Waals surface area contributed by atoms with Crippen LogP contribution in [0.25, 0.3) is 11.5 Å². The number of nitrogens with zero attached hydrogens (tertiary/aromatic N) is 2. The van der Waals surface area contributed by atoms with Crippen molar-refractivity contribution in [3.63, 3.8) is 0 Å². The van der Waals surface area contributed by atoms with Crippen LogP contribution in [-0.4, -0.2) is 27.5 Å². The lowest BCUT2D eigenvalue weighted by molar-refractivity contribution is 0.0519. The van der Waals surface area contributed by atoms with Crippen LogP contribution in [0.5, 0.6) is 0 Å². The number of pyridine rings is 1. The van der Waals surface area contributed by atoms with Gasteiger partial charge in [-0.05, 0) is 32.4 Å². The molecule has 0 aromatic carbocycles. The molecule has 5 heteroatoms. The molecular weight excluding hydrogens is 230 g/mol. The highest BCUT2D eigenvalue weighted by Gasteiger charge is 2.16. The van der Waals surface area contributed by atoms with Crippen LogP contribution in [0.15, 0.2) is 18.3 Å². The van der Waals surface area contributed by atoms with E-state index in [1.165, 1.54) is 0 Å². The minimum atomic E-state index is -0.412. The van der Waals surface area contributed by atoms with E-state index < -0.39 is 5.97 Å². The molecule has 0 aliphatic carbocycles. The zero-order valence-corrected chi connectivity index (χ0v) is 10.7. The highest BCUT2D eigenvalue weighted by atomic mass is 16.5. The van der Waals surface area contributed by atoms with Crippen LogP contribution >= 0.6 is 0 Å². The summed E-state index contributed by atoms with van der Waals surface area (Å²) in [5.41, 5.74) is 2.78. The van der Waals surface area contributed by atoms with Gasteiger partial charge in [-0.25, -0.2) is 9.78 Å². The molecule has 2 aromatic heterocycles. The van der Waals surface area contributed by atoms with Gasteiger partial charge in [0.15, 0.2) is 11.5 Å². The normalized spacial score (nSPS) is 10.4. The summed E-state index contributed by atoms with van der Waals surface area (Å²) in [6.45, 7) is 5.86. The molecule has 0 amide bonds. The summed E-state index contributed by atoms with van der Waals surface area (Å²) in [4.78, 5) is 23.2. The number of imidazole rings is 1. The van der Waals surface area contributed by atoms with Gasteiger partial charge in [0.05, 0.1) is 6.61 Å². The Labute approximate surface area is 105 Å². The van der Waals surface area contributed by atoms with Gasteiger partial charge >= 0.3 is 5.97 Å². The minimum Gasteiger partial charge on any atom is -0.461 e. The van der Waals surface area contributed by atoms with Crippen LogP contribution in [0.1, 0.15) is 28.7 Å². The molecule has 0 saturated carbocycles. The number of aromatic amines is 1. The van der Waals surface area contributed by atoms with Crippen molar-refractivity contribution in [1.82, 2.24) is 15.0 Å². The Balaban J connectivity index is 2.34. The maximum Gasteiger partial charge on any atom is 0.358 e. The van der Waals surface area contributed by atoms with Crippen LogP contribution < -0.4 is 0 Å². The highest BCUT2D eigenvalue weighted by molar-refractivity contribution is 5.89. The van der Waals surface area contributed by atoms with E-state index in [2.05, 4.69) is 15.0 Å². The molecule has 0 spiro atoms. The average molecular weight is 245 g/mol. The van der Waals surface area contributed by atoms with Crippen LogP contribution in [0.4, 0.5) is 0 Å². The molecule has 1 N–H and O–H groups in total. The Morgan fingerprint density at radius 2 is 2.17 bits per heavy atom. The van der Waals surface area contributed by atoms with Crippen LogP contribution in [0.2, 0.25) is 0 Å². The number of carbonyl (C=O) groups excluding carboxylic acids is 1. The fourth-order valence-electron chi connectivity index (χ4n) is 1.59. The number of rotatable bonds is 3. The number of hydrogen-bond acceptors (Lipinski definition) is 4. The smallest absolute Gasteiger partial charge is 0.358 e. The number of carbonyl (C=O) groups is 1. The van der Waals surface area contributed by atoms with E-state index in [4.69, 9.17) is 4.74 Å². The van der Waals surface area contributed by atoms with Crippen molar-refractivity contribution in [2.75, 3.05) is 6.61 Å². The molecule has 5 nitrogen and oxygen atoms in total. The predicted octanol–water partition coefficient (Wildman–Crippen LogP) is 2.27. The molecule has 0 saturated heterocycles. The van der Waals surface area contributed by atoms with Gasteiger partial charge in [0.25, 0.3) is 0 Å².